The zero-order chi connectivity index (χ0) is 20.5. The number of aliphatic imine (C=N–C) groups is 1. The van der Waals surface area contributed by atoms with Gasteiger partial charge in [-0.15, -0.1) is 11.8 Å². The Morgan fingerprint density at radius 3 is 2.83 bits per heavy atom. The molecule has 29 heavy (non-hydrogen) atoms. The number of carbonyl (C=O) groups excluding carboxylic acids is 1. The van der Waals surface area contributed by atoms with Crippen molar-refractivity contribution in [1.82, 2.24) is 15.1 Å². The minimum absolute atomic E-state index is 0.0218. The van der Waals surface area contributed by atoms with E-state index >= 15 is 0 Å². The zero-order valence-electron chi connectivity index (χ0n) is 17.7. The van der Waals surface area contributed by atoms with E-state index in [1.807, 2.05) is 11.8 Å². The second kappa shape index (κ2) is 11.5. The Bertz CT molecular complexity index is 662. The molecule has 0 bridgehead atoms. The molecule has 0 aromatic heterocycles. The molecule has 2 heterocycles. The van der Waals surface area contributed by atoms with Gasteiger partial charge >= 0.3 is 0 Å². The number of nitrogens with one attached hydrogen (secondary N) is 1. The van der Waals surface area contributed by atoms with Gasteiger partial charge in [-0.1, -0.05) is 18.2 Å². The molecule has 0 spiro atoms. The van der Waals surface area contributed by atoms with Crippen LogP contribution in [-0.2, 0) is 9.53 Å². The summed E-state index contributed by atoms with van der Waals surface area (Å²) in [6, 6.07) is 10.6. The molecule has 1 aromatic carbocycles. The van der Waals surface area contributed by atoms with Crippen LogP contribution in [0.5, 0.6) is 0 Å². The van der Waals surface area contributed by atoms with Crippen LogP contribution in [0.3, 0.4) is 0 Å². The van der Waals surface area contributed by atoms with Gasteiger partial charge in [0, 0.05) is 51.0 Å². The smallest absolute Gasteiger partial charge is 0.243 e. The van der Waals surface area contributed by atoms with E-state index in [2.05, 4.69) is 45.5 Å². The third kappa shape index (κ3) is 7.23. The molecule has 2 unspecified atom stereocenters. The van der Waals surface area contributed by atoms with Gasteiger partial charge in [0.1, 0.15) is 6.54 Å². The van der Waals surface area contributed by atoms with Crippen LogP contribution in [0.15, 0.2) is 40.2 Å². The van der Waals surface area contributed by atoms with Gasteiger partial charge in [0.05, 0.1) is 6.10 Å². The van der Waals surface area contributed by atoms with E-state index in [0.717, 1.165) is 57.2 Å². The van der Waals surface area contributed by atoms with Gasteiger partial charge in [0.2, 0.25) is 5.91 Å². The first-order valence-corrected chi connectivity index (χ1v) is 11.6. The Labute approximate surface area is 179 Å². The molecule has 0 aliphatic carbocycles. The van der Waals surface area contributed by atoms with E-state index in [1.54, 1.807) is 19.0 Å². The molecule has 1 amide bonds. The largest absolute Gasteiger partial charge is 0.376 e. The van der Waals surface area contributed by atoms with Gasteiger partial charge in [0.15, 0.2) is 5.96 Å². The Hall–Kier alpha value is -1.73. The summed E-state index contributed by atoms with van der Waals surface area (Å²) in [4.78, 5) is 21.9. The van der Waals surface area contributed by atoms with E-state index in [1.165, 1.54) is 11.3 Å². The van der Waals surface area contributed by atoms with Gasteiger partial charge in [-0.2, -0.15) is 0 Å². The van der Waals surface area contributed by atoms with Gasteiger partial charge < -0.3 is 19.9 Å². The zero-order valence-corrected chi connectivity index (χ0v) is 18.5. The number of benzene rings is 1. The van der Waals surface area contributed by atoms with Gasteiger partial charge in [-0.25, -0.2) is 4.99 Å². The number of rotatable bonds is 7. The number of guanidine groups is 1. The number of thioether (sulfide) groups is 1. The van der Waals surface area contributed by atoms with Crippen molar-refractivity contribution in [3.63, 3.8) is 0 Å². The topological polar surface area (TPSA) is 57.2 Å². The maximum absolute atomic E-state index is 12.0. The highest BCUT2D eigenvalue weighted by molar-refractivity contribution is 7.99. The third-order valence-electron chi connectivity index (χ3n) is 5.44. The molecule has 6 nitrogen and oxygen atoms in total. The summed E-state index contributed by atoms with van der Waals surface area (Å²) in [6.07, 6.45) is 4.86. The summed E-state index contributed by atoms with van der Waals surface area (Å²) in [5.74, 6) is 2.61. The number of amides is 1. The summed E-state index contributed by atoms with van der Waals surface area (Å²) < 4.78 is 5.85. The van der Waals surface area contributed by atoms with Crippen molar-refractivity contribution in [3.8, 4) is 0 Å². The molecule has 2 fully saturated rings. The average Bonchev–Trinajstić information content (AvgIpc) is 3.22. The molecule has 1 aromatic rings. The quantitative estimate of drug-likeness (QED) is 0.419. The van der Waals surface area contributed by atoms with Crippen molar-refractivity contribution in [3.05, 3.63) is 30.3 Å². The molecule has 3 rings (SSSR count). The Morgan fingerprint density at radius 2 is 2.10 bits per heavy atom. The minimum Gasteiger partial charge on any atom is -0.376 e. The number of carbonyl (C=O) groups is 1. The van der Waals surface area contributed by atoms with E-state index < -0.39 is 0 Å². The predicted octanol–water partition coefficient (Wildman–Crippen LogP) is 2.70. The van der Waals surface area contributed by atoms with Crippen molar-refractivity contribution in [2.24, 2.45) is 10.9 Å². The Balaban J connectivity index is 1.54. The summed E-state index contributed by atoms with van der Waals surface area (Å²) in [6.45, 7) is 3.75. The van der Waals surface area contributed by atoms with Crippen molar-refractivity contribution >= 4 is 23.6 Å². The summed E-state index contributed by atoms with van der Waals surface area (Å²) in [5.41, 5.74) is 0. The number of likely N-dealkylation sites (N-methyl/N-ethyl adjacent to an activating group) is 1. The molecule has 160 valence electrons. The van der Waals surface area contributed by atoms with Crippen molar-refractivity contribution in [1.29, 1.82) is 0 Å². The fraction of sp³-hybridized carbons (Fsp3) is 0.636. The van der Waals surface area contributed by atoms with Crippen LogP contribution < -0.4 is 5.32 Å². The van der Waals surface area contributed by atoms with Crippen LogP contribution in [-0.4, -0.2) is 80.4 Å². The molecular formula is C22H34N4O2S. The van der Waals surface area contributed by atoms with Gasteiger partial charge in [-0.3, -0.25) is 4.79 Å². The lowest BCUT2D eigenvalue weighted by Crippen LogP contribution is -2.45. The minimum atomic E-state index is 0.0218. The lowest BCUT2D eigenvalue weighted by Gasteiger charge is -2.27. The first kappa shape index (κ1) is 22.0. The van der Waals surface area contributed by atoms with Crippen LogP contribution in [0, 0.1) is 5.92 Å². The Morgan fingerprint density at radius 1 is 1.28 bits per heavy atom. The summed E-state index contributed by atoms with van der Waals surface area (Å²) in [5, 5.41) is 3.49. The Kier molecular flexibility index (Phi) is 8.68. The van der Waals surface area contributed by atoms with Crippen LogP contribution in [0.4, 0.5) is 0 Å². The van der Waals surface area contributed by atoms with Crippen molar-refractivity contribution in [2.75, 3.05) is 52.6 Å². The normalized spacial score (nSPS) is 22.6. The highest BCUT2D eigenvalue weighted by Crippen LogP contribution is 2.26. The SMILES string of the molecule is CN(C)C(=O)CN=C(NCC1CCCCO1)N1CCC(CSc2ccccc2)C1. The second-order valence-corrected chi connectivity index (χ2v) is 9.12. The average molecular weight is 419 g/mol. The molecule has 7 heteroatoms. The lowest BCUT2D eigenvalue weighted by molar-refractivity contribution is -0.127. The number of hydrogen-bond acceptors (Lipinski definition) is 4. The van der Waals surface area contributed by atoms with Crippen LogP contribution >= 0.6 is 11.8 Å². The summed E-state index contributed by atoms with van der Waals surface area (Å²) >= 11 is 1.92. The molecule has 0 radical (unpaired) electrons. The van der Waals surface area contributed by atoms with Crippen molar-refractivity contribution < 1.29 is 9.53 Å². The monoisotopic (exact) mass is 418 g/mol. The molecule has 0 saturated carbocycles. The van der Waals surface area contributed by atoms with Crippen molar-refractivity contribution in [2.45, 2.75) is 36.7 Å². The maximum atomic E-state index is 12.0. The first-order chi connectivity index (χ1) is 14.1. The third-order valence-corrected chi connectivity index (χ3v) is 6.68. The highest BCUT2D eigenvalue weighted by atomic mass is 32.2. The van der Waals surface area contributed by atoms with E-state index in [4.69, 9.17) is 4.74 Å². The number of ether oxygens (including phenoxy) is 1. The first-order valence-electron chi connectivity index (χ1n) is 10.6. The fourth-order valence-corrected chi connectivity index (χ4v) is 4.67. The van der Waals surface area contributed by atoms with E-state index in [-0.39, 0.29) is 18.6 Å². The molecule has 2 aliphatic rings. The standard InChI is InChI=1S/C22H34N4O2S/c1-25(2)21(27)15-24-22(23-14-19-8-6-7-13-28-19)26-12-11-18(16-26)17-29-20-9-4-3-5-10-20/h3-5,9-10,18-19H,6-8,11-17H2,1-2H3,(H,23,24). The van der Waals surface area contributed by atoms with Crippen LogP contribution in [0.25, 0.3) is 0 Å². The molecule has 2 saturated heterocycles. The van der Waals surface area contributed by atoms with E-state index in [0.29, 0.717) is 5.92 Å². The summed E-state index contributed by atoms with van der Waals surface area (Å²) in [7, 11) is 3.54. The van der Waals surface area contributed by atoms with E-state index in [9.17, 15) is 4.79 Å². The molecule has 2 aliphatic heterocycles. The maximum Gasteiger partial charge on any atom is 0.243 e. The highest BCUT2D eigenvalue weighted by Gasteiger charge is 2.26. The van der Waals surface area contributed by atoms with Gasteiger partial charge in [0.25, 0.3) is 0 Å². The van der Waals surface area contributed by atoms with Crippen LogP contribution in [0.1, 0.15) is 25.7 Å². The number of nitrogens with zero attached hydrogens (tertiary/aromatic N) is 3. The number of hydrogen-bond donors (Lipinski definition) is 1. The molecular weight excluding hydrogens is 384 g/mol. The number of likely N-dealkylation sites (tertiary alicyclic amines) is 1. The predicted molar refractivity (Wildman–Crippen MR) is 119 cm³/mol. The fourth-order valence-electron chi connectivity index (χ4n) is 3.62. The van der Waals surface area contributed by atoms with Crippen LogP contribution in [0.2, 0.25) is 0 Å². The van der Waals surface area contributed by atoms with Gasteiger partial charge in [-0.05, 0) is 43.7 Å². The second-order valence-electron chi connectivity index (χ2n) is 8.02. The lowest BCUT2D eigenvalue weighted by atomic mass is 10.1. The molecule has 1 N–H and O–H groups in total. The molecule has 2 atom stereocenters.